The number of carbonyl (C=O) groups excluding carboxylic acids is 1. The molecule has 0 aliphatic rings. The monoisotopic (exact) mass is 325 g/mol. The largest absolute Gasteiger partial charge is 0.345 e. The van der Waals surface area contributed by atoms with E-state index in [4.69, 9.17) is 0 Å². The van der Waals surface area contributed by atoms with E-state index in [1.165, 1.54) is 0 Å². The van der Waals surface area contributed by atoms with Crippen molar-refractivity contribution in [3.63, 3.8) is 0 Å². The summed E-state index contributed by atoms with van der Waals surface area (Å²) in [5.74, 6) is -0.181. The van der Waals surface area contributed by atoms with E-state index in [1.54, 1.807) is 16.9 Å². The number of aromatic nitrogens is 4. The molecule has 2 aromatic heterocycles. The zero-order valence-corrected chi connectivity index (χ0v) is 12.7. The van der Waals surface area contributed by atoms with Gasteiger partial charge in [-0.1, -0.05) is 0 Å². The first kappa shape index (κ1) is 13.8. The number of nitrogens with one attached hydrogen (secondary N) is 1. The van der Waals surface area contributed by atoms with Gasteiger partial charge in [-0.05, 0) is 35.8 Å². The summed E-state index contributed by atoms with van der Waals surface area (Å²) in [7, 11) is 1.81. The standard InChI is InChI=1S/C12H16BrN5O/c1-4-18-11(9(13)6-15-18)7-14-12(19)10-5-8(2)17(3)16-10/h5-6H,4,7H2,1-3H3,(H,14,19). The molecule has 2 rings (SSSR count). The number of hydrogen-bond acceptors (Lipinski definition) is 3. The lowest BCUT2D eigenvalue weighted by molar-refractivity contribution is 0.0944. The van der Waals surface area contributed by atoms with Crippen LogP contribution in [-0.2, 0) is 20.1 Å². The first-order valence-electron chi connectivity index (χ1n) is 6.02. The summed E-state index contributed by atoms with van der Waals surface area (Å²) >= 11 is 3.43. The molecule has 0 fully saturated rings. The Morgan fingerprint density at radius 3 is 2.84 bits per heavy atom. The normalized spacial score (nSPS) is 10.7. The third kappa shape index (κ3) is 2.86. The van der Waals surface area contributed by atoms with E-state index < -0.39 is 0 Å². The van der Waals surface area contributed by atoms with Gasteiger partial charge in [-0.15, -0.1) is 0 Å². The summed E-state index contributed by atoms with van der Waals surface area (Å²) < 4.78 is 4.42. The lowest BCUT2D eigenvalue weighted by atomic mass is 10.3. The van der Waals surface area contributed by atoms with E-state index >= 15 is 0 Å². The first-order valence-corrected chi connectivity index (χ1v) is 6.81. The Hall–Kier alpha value is -1.63. The highest BCUT2D eigenvalue weighted by molar-refractivity contribution is 9.10. The van der Waals surface area contributed by atoms with Crippen LogP contribution in [0, 0.1) is 6.92 Å². The van der Waals surface area contributed by atoms with E-state index in [-0.39, 0.29) is 5.91 Å². The average Bonchev–Trinajstić information content (AvgIpc) is 2.90. The van der Waals surface area contributed by atoms with Crippen molar-refractivity contribution in [2.45, 2.75) is 26.9 Å². The lowest BCUT2D eigenvalue weighted by Gasteiger charge is -2.06. The second-order valence-corrected chi connectivity index (χ2v) is 5.09. The van der Waals surface area contributed by atoms with Gasteiger partial charge >= 0.3 is 0 Å². The molecule has 0 unspecified atom stereocenters. The molecule has 2 aromatic rings. The Bertz CT molecular complexity index is 582. The van der Waals surface area contributed by atoms with Crippen LogP contribution in [0.25, 0.3) is 0 Å². The van der Waals surface area contributed by atoms with Crippen molar-refractivity contribution in [2.24, 2.45) is 7.05 Å². The molecule has 0 saturated carbocycles. The highest BCUT2D eigenvalue weighted by Crippen LogP contribution is 2.15. The van der Waals surface area contributed by atoms with Crippen molar-refractivity contribution in [2.75, 3.05) is 0 Å². The van der Waals surface area contributed by atoms with Crippen LogP contribution in [0.1, 0.15) is 28.8 Å². The van der Waals surface area contributed by atoms with Gasteiger partial charge in [0.1, 0.15) is 5.69 Å². The molecule has 1 N–H and O–H groups in total. The van der Waals surface area contributed by atoms with Crippen LogP contribution in [0.15, 0.2) is 16.7 Å². The third-order valence-electron chi connectivity index (χ3n) is 2.96. The Balaban J connectivity index is 2.06. The van der Waals surface area contributed by atoms with E-state index in [0.717, 1.165) is 22.4 Å². The fraction of sp³-hybridized carbons (Fsp3) is 0.417. The van der Waals surface area contributed by atoms with Gasteiger partial charge in [0.15, 0.2) is 0 Å². The summed E-state index contributed by atoms with van der Waals surface area (Å²) in [6, 6.07) is 1.77. The zero-order valence-electron chi connectivity index (χ0n) is 11.1. The molecule has 0 spiro atoms. The van der Waals surface area contributed by atoms with Gasteiger partial charge in [0.05, 0.1) is 22.9 Å². The molecule has 102 valence electrons. The summed E-state index contributed by atoms with van der Waals surface area (Å²) in [5, 5.41) is 11.2. The number of carbonyl (C=O) groups is 1. The minimum atomic E-state index is -0.181. The SMILES string of the molecule is CCn1ncc(Br)c1CNC(=O)c1cc(C)n(C)n1. The maximum absolute atomic E-state index is 12.0. The van der Waals surface area contributed by atoms with E-state index in [9.17, 15) is 4.79 Å². The van der Waals surface area contributed by atoms with Crippen LogP contribution >= 0.6 is 15.9 Å². The van der Waals surface area contributed by atoms with Crippen LogP contribution in [-0.4, -0.2) is 25.5 Å². The van der Waals surface area contributed by atoms with Gasteiger partial charge in [-0.2, -0.15) is 10.2 Å². The summed E-state index contributed by atoms with van der Waals surface area (Å²) in [6.45, 7) is 5.10. The zero-order chi connectivity index (χ0) is 14.0. The molecule has 1 amide bonds. The third-order valence-corrected chi connectivity index (χ3v) is 3.62. The number of amides is 1. The van der Waals surface area contributed by atoms with Gasteiger partial charge in [-0.3, -0.25) is 14.2 Å². The number of rotatable bonds is 4. The van der Waals surface area contributed by atoms with Gasteiger partial charge in [0, 0.05) is 19.3 Å². The maximum atomic E-state index is 12.0. The number of hydrogen-bond donors (Lipinski definition) is 1. The molecule has 0 atom stereocenters. The van der Waals surface area contributed by atoms with Crippen LogP contribution in [0.4, 0.5) is 0 Å². The Labute approximate surface area is 119 Å². The second-order valence-electron chi connectivity index (χ2n) is 4.23. The molecule has 0 saturated heterocycles. The number of nitrogens with zero attached hydrogens (tertiary/aromatic N) is 4. The molecule has 2 heterocycles. The molecule has 0 bridgehead atoms. The lowest BCUT2D eigenvalue weighted by Crippen LogP contribution is -2.25. The number of halogens is 1. The van der Waals surface area contributed by atoms with Crippen molar-refractivity contribution < 1.29 is 4.79 Å². The molecule has 19 heavy (non-hydrogen) atoms. The number of aryl methyl sites for hydroxylation is 3. The predicted molar refractivity (Wildman–Crippen MR) is 74.7 cm³/mol. The minimum Gasteiger partial charge on any atom is -0.345 e. The molecule has 0 aliphatic heterocycles. The van der Waals surface area contributed by atoms with Crippen LogP contribution in [0.2, 0.25) is 0 Å². The van der Waals surface area contributed by atoms with E-state index in [0.29, 0.717) is 12.2 Å². The molecule has 6 nitrogen and oxygen atoms in total. The average molecular weight is 326 g/mol. The first-order chi connectivity index (χ1) is 9.02. The van der Waals surface area contributed by atoms with Gasteiger partial charge in [0.25, 0.3) is 5.91 Å². The summed E-state index contributed by atoms with van der Waals surface area (Å²) in [4.78, 5) is 12.0. The minimum absolute atomic E-state index is 0.181. The van der Waals surface area contributed by atoms with Gasteiger partial charge in [0.2, 0.25) is 0 Å². The predicted octanol–water partition coefficient (Wildman–Crippen LogP) is 1.64. The van der Waals surface area contributed by atoms with Crippen molar-refractivity contribution >= 4 is 21.8 Å². The van der Waals surface area contributed by atoms with Crippen molar-refractivity contribution in [3.8, 4) is 0 Å². The molecule has 7 heteroatoms. The fourth-order valence-corrected chi connectivity index (χ4v) is 2.20. The highest BCUT2D eigenvalue weighted by Gasteiger charge is 2.13. The van der Waals surface area contributed by atoms with Gasteiger partial charge in [-0.25, -0.2) is 0 Å². The van der Waals surface area contributed by atoms with Crippen molar-refractivity contribution in [1.29, 1.82) is 0 Å². The quantitative estimate of drug-likeness (QED) is 0.929. The smallest absolute Gasteiger partial charge is 0.272 e. The van der Waals surface area contributed by atoms with Crippen LogP contribution in [0.3, 0.4) is 0 Å². The molecule has 0 radical (unpaired) electrons. The van der Waals surface area contributed by atoms with Crippen molar-refractivity contribution in [3.05, 3.63) is 33.8 Å². The maximum Gasteiger partial charge on any atom is 0.272 e. The molecular weight excluding hydrogens is 310 g/mol. The van der Waals surface area contributed by atoms with E-state index in [1.807, 2.05) is 25.6 Å². The Morgan fingerprint density at radius 1 is 1.53 bits per heavy atom. The molecular formula is C12H16BrN5O. The summed E-state index contributed by atoms with van der Waals surface area (Å²) in [5.41, 5.74) is 2.33. The summed E-state index contributed by atoms with van der Waals surface area (Å²) in [6.07, 6.45) is 1.73. The molecule has 0 aromatic carbocycles. The van der Waals surface area contributed by atoms with Crippen molar-refractivity contribution in [1.82, 2.24) is 24.9 Å². The fourth-order valence-electron chi connectivity index (χ4n) is 1.76. The highest BCUT2D eigenvalue weighted by atomic mass is 79.9. The Kier molecular flexibility index (Phi) is 4.04. The topological polar surface area (TPSA) is 64.7 Å². The Morgan fingerprint density at radius 2 is 2.26 bits per heavy atom. The van der Waals surface area contributed by atoms with Crippen LogP contribution in [0.5, 0.6) is 0 Å². The van der Waals surface area contributed by atoms with Gasteiger partial charge < -0.3 is 5.32 Å². The van der Waals surface area contributed by atoms with E-state index in [2.05, 4.69) is 31.4 Å². The van der Waals surface area contributed by atoms with Crippen LogP contribution < -0.4 is 5.32 Å². The molecule has 0 aliphatic carbocycles. The second kappa shape index (κ2) is 5.56.